The molecule has 3 heteroatoms. The number of hydrogen-bond acceptors (Lipinski definition) is 3. The van der Waals surface area contributed by atoms with Crippen LogP contribution in [-0.2, 0) is 6.42 Å². The summed E-state index contributed by atoms with van der Waals surface area (Å²) in [4.78, 5) is 2.45. The standard InChI is InChI=1S/C18H30N2O/c1-6-14-8-15(9-16(12(2)3)18(14)21-5)17-7-13(10-19)11-20(17)4/h8-9,12-13,17H,6-7,10-11,19H2,1-5H3. The van der Waals surface area contributed by atoms with Crippen LogP contribution in [0.1, 0.15) is 55.8 Å². The zero-order valence-corrected chi connectivity index (χ0v) is 14.1. The Morgan fingerprint density at radius 1 is 1.38 bits per heavy atom. The average Bonchev–Trinajstić information content (AvgIpc) is 2.86. The van der Waals surface area contributed by atoms with Crippen molar-refractivity contribution in [2.45, 2.75) is 45.6 Å². The fourth-order valence-corrected chi connectivity index (χ4v) is 3.54. The molecule has 1 fully saturated rings. The van der Waals surface area contributed by atoms with Crippen LogP contribution in [0.2, 0.25) is 0 Å². The maximum atomic E-state index is 5.87. The smallest absolute Gasteiger partial charge is 0.125 e. The monoisotopic (exact) mass is 290 g/mol. The lowest BCUT2D eigenvalue weighted by Crippen LogP contribution is -2.20. The van der Waals surface area contributed by atoms with Crippen molar-refractivity contribution in [3.05, 3.63) is 28.8 Å². The van der Waals surface area contributed by atoms with Gasteiger partial charge in [0.2, 0.25) is 0 Å². The van der Waals surface area contributed by atoms with E-state index in [1.807, 2.05) is 0 Å². The largest absolute Gasteiger partial charge is 0.496 e. The summed E-state index contributed by atoms with van der Waals surface area (Å²) < 4.78 is 5.68. The topological polar surface area (TPSA) is 38.5 Å². The number of likely N-dealkylation sites (tertiary alicyclic amines) is 1. The van der Waals surface area contributed by atoms with E-state index in [-0.39, 0.29) is 0 Å². The Balaban J connectivity index is 2.43. The summed E-state index contributed by atoms with van der Waals surface area (Å²) in [5.41, 5.74) is 9.95. The SMILES string of the molecule is CCc1cc(C2CC(CN)CN2C)cc(C(C)C)c1OC. The van der Waals surface area contributed by atoms with Gasteiger partial charge in [0, 0.05) is 12.6 Å². The molecule has 0 radical (unpaired) electrons. The first-order valence-corrected chi connectivity index (χ1v) is 8.12. The Morgan fingerprint density at radius 2 is 2.10 bits per heavy atom. The van der Waals surface area contributed by atoms with Gasteiger partial charge in [0.05, 0.1) is 7.11 Å². The molecule has 1 heterocycles. The third kappa shape index (κ3) is 3.24. The molecule has 21 heavy (non-hydrogen) atoms. The van der Waals surface area contributed by atoms with Crippen molar-refractivity contribution in [3.8, 4) is 5.75 Å². The number of methoxy groups -OCH3 is 1. The fourth-order valence-electron chi connectivity index (χ4n) is 3.54. The molecular formula is C18H30N2O. The van der Waals surface area contributed by atoms with Crippen molar-refractivity contribution in [3.63, 3.8) is 0 Å². The molecule has 1 aliphatic heterocycles. The van der Waals surface area contributed by atoms with E-state index in [2.05, 4.69) is 44.9 Å². The first-order chi connectivity index (χ1) is 10.0. The minimum absolute atomic E-state index is 0.474. The van der Waals surface area contributed by atoms with Gasteiger partial charge in [0.15, 0.2) is 0 Å². The Morgan fingerprint density at radius 3 is 2.57 bits per heavy atom. The van der Waals surface area contributed by atoms with Gasteiger partial charge >= 0.3 is 0 Å². The van der Waals surface area contributed by atoms with E-state index in [1.54, 1.807) is 7.11 Å². The molecule has 1 saturated heterocycles. The second-order valence-corrected chi connectivity index (χ2v) is 6.60. The molecule has 2 N–H and O–H groups in total. The molecule has 2 unspecified atom stereocenters. The number of benzene rings is 1. The summed E-state index contributed by atoms with van der Waals surface area (Å²) in [6.07, 6.45) is 2.17. The highest BCUT2D eigenvalue weighted by Gasteiger charge is 2.30. The summed E-state index contributed by atoms with van der Waals surface area (Å²) in [7, 11) is 4.00. The van der Waals surface area contributed by atoms with E-state index in [0.717, 1.165) is 25.3 Å². The van der Waals surface area contributed by atoms with Gasteiger partial charge in [-0.25, -0.2) is 0 Å². The lowest BCUT2D eigenvalue weighted by molar-refractivity contribution is 0.313. The van der Waals surface area contributed by atoms with Crippen LogP contribution < -0.4 is 10.5 Å². The number of hydrogen-bond donors (Lipinski definition) is 1. The second kappa shape index (κ2) is 6.80. The molecule has 2 atom stereocenters. The van der Waals surface area contributed by atoms with E-state index in [0.29, 0.717) is 17.9 Å². The van der Waals surface area contributed by atoms with Crippen molar-refractivity contribution in [1.82, 2.24) is 4.90 Å². The van der Waals surface area contributed by atoms with Crippen molar-refractivity contribution >= 4 is 0 Å². The fraction of sp³-hybridized carbons (Fsp3) is 0.667. The molecule has 1 aromatic rings. The van der Waals surface area contributed by atoms with Gasteiger partial charge in [0.1, 0.15) is 5.75 Å². The van der Waals surface area contributed by atoms with Crippen molar-refractivity contribution < 1.29 is 4.74 Å². The van der Waals surface area contributed by atoms with E-state index >= 15 is 0 Å². The molecule has 1 aliphatic rings. The van der Waals surface area contributed by atoms with Crippen molar-refractivity contribution in [2.24, 2.45) is 11.7 Å². The Kier molecular flexibility index (Phi) is 5.28. The van der Waals surface area contributed by atoms with Gasteiger partial charge in [-0.1, -0.05) is 32.9 Å². The minimum Gasteiger partial charge on any atom is -0.496 e. The van der Waals surface area contributed by atoms with Gasteiger partial charge in [-0.3, -0.25) is 4.90 Å². The van der Waals surface area contributed by atoms with Gasteiger partial charge in [-0.15, -0.1) is 0 Å². The minimum atomic E-state index is 0.474. The zero-order valence-electron chi connectivity index (χ0n) is 14.1. The molecular weight excluding hydrogens is 260 g/mol. The number of rotatable bonds is 5. The number of aryl methyl sites for hydroxylation is 1. The Bertz CT molecular complexity index is 484. The van der Waals surface area contributed by atoms with E-state index in [4.69, 9.17) is 10.5 Å². The molecule has 2 rings (SSSR count). The van der Waals surface area contributed by atoms with E-state index in [9.17, 15) is 0 Å². The summed E-state index contributed by atoms with van der Waals surface area (Å²) in [6.45, 7) is 8.57. The molecule has 118 valence electrons. The molecule has 0 saturated carbocycles. The number of ether oxygens (including phenoxy) is 1. The van der Waals surface area contributed by atoms with Crippen LogP contribution in [0.5, 0.6) is 5.75 Å². The molecule has 3 nitrogen and oxygen atoms in total. The predicted molar refractivity (Wildman–Crippen MR) is 89.0 cm³/mol. The maximum Gasteiger partial charge on any atom is 0.125 e. The number of nitrogens with zero attached hydrogens (tertiary/aromatic N) is 1. The molecule has 0 amide bonds. The highest BCUT2D eigenvalue weighted by Crippen LogP contribution is 2.39. The normalized spacial score (nSPS) is 23.0. The molecule has 1 aromatic carbocycles. The maximum absolute atomic E-state index is 5.87. The van der Waals surface area contributed by atoms with Crippen LogP contribution in [-0.4, -0.2) is 32.1 Å². The van der Waals surface area contributed by atoms with Crippen molar-refractivity contribution in [1.29, 1.82) is 0 Å². The van der Waals surface area contributed by atoms with Crippen LogP contribution in [0.3, 0.4) is 0 Å². The highest BCUT2D eigenvalue weighted by atomic mass is 16.5. The first-order valence-electron chi connectivity index (χ1n) is 8.12. The van der Waals surface area contributed by atoms with Crippen LogP contribution in [0, 0.1) is 5.92 Å². The Labute approximate surface area is 129 Å². The van der Waals surface area contributed by atoms with Crippen LogP contribution in [0.4, 0.5) is 0 Å². The summed E-state index contributed by atoms with van der Waals surface area (Å²) in [5, 5.41) is 0. The van der Waals surface area contributed by atoms with Gasteiger partial charge in [-0.2, -0.15) is 0 Å². The predicted octanol–water partition coefficient (Wildman–Crippen LogP) is 3.33. The lowest BCUT2D eigenvalue weighted by atomic mass is 9.91. The molecule has 0 aliphatic carbocycles. The average molecular weight is 290 g/mol. The van der Waals surface area contributed by atoms with Crippen LogP contribution in [0.25, 0.3) is 0 Å². The molecule has 0 aromatic heterocycles. The zero-order chi connectivity index (χ0) is 15.6. The number of nitrogens with two attached hydrogens (primary N) is 1. The summed E-state index contributed by atoms with van der Waals surface area (Å²) in [6, 6.07) is 5.18. The molecule has 0 spiro atoms. The van der Waals surface area contributed by atoms with Crippen LogP contribution in [0.15, 0.2) is 12.1 Å². The molecule has 0 bridgehead atoms. The van der Waals surface area contributed by atoms with Gasteiger partial charge in [0.25, 0.3) is 0 Å². The summed E-state index contributed by atoms with van der Waals surface area (Å²) in [5.74, 6) is 2.17. The second-order valence-electron chi connectivity index (χ2n) is 6.60. The lowest BCUT2D eigenvalue weighted by Gasteiger charge is -2.24. The van der Waals surface area contributed by atoms with Gasteiger partial charge < -0.3 is 10.5 Å². The van der Waals surface area contributed by atoms with Gasteiger partial charge in [-0.05, 0) is 55.0 Å². The highest BCUT2D eigenvalue weighted by molar-refractivity contribution is 5.47. The van der Waals surface area contributed by atoms with E-state index in [1.165, 1.54) is 23.1 Å². The quantitative estimate of drug-likeness (QED) is 0.904. The van der Waals surface area contributed by atoms with Crippen molar-refractivity contribution in [2.75, 3.05) is 27.2 Å². The summed E-state index contributed by atoms with van der Waals surface area (Å²) >= 11 is 0. The third-order valence-corrected chi connectivity index (χ3v) is 4.78. The third-order valence-electron chi connectivity index (χ3n) is 4.78. The first kappa shape index (κ1) is 16.3. The van der Waals surface area contributed by atoms with Crippen LogP contribution >= 0.6 is 0 Å². The Hall–Kier alpha value is -1.06. The van der Waals surface area contributed by atoms with E-state index < -0.39 is 0 Å².